The quantitative estimate of drug-likeness (QED) is 0.338. The number of rotatable bonds is 8. The summed E-state index contributed by atoms with van der Waals surface area (Å²) < 4.78 is 10.8. The lowest BCUT2D eigenvalue weighted by atomic mass is 9.94. The van der Waals surface area contributed by atoms with Crippen LogP contribution in [0.2, 0.25) is 5.02 Å². The highest BCUT2D eigenvalue weighted by Gasteiger charge is 2.46. The predicted molar refractivity (Wildman–Crippen MR) is 121 cm³/mol. The second kappa shape index (κ2) is 9.96. The van der Waals surface area contributed by atoms with Gasteiger partial charge in [0.15, 0.2) is 11.5 Å². The molecule has 32 heavy (non-hydrogen) atoms. The summed E-state index contributed by atoms with van der Waals surface area (Å²) in [5.41, 5.74) is 0.672. The Bertz CT molecular complexity index is 1060. The first kappa shape index (κ1) is 23.5. The van der Waals surface area contributed by atoms with Gasteiger partial charge in [0.05, 0.1) is 30.9 Å². The highest BCUT2D eigenvalue weighted by atomic mass is 35.5. The van der Waals surface area contributed by atoms with Crippen LogP contribution in [0.5, 0.6) is 17.2 Å². The zero-order valence-electron chi connectivity index (χ0n) is 18.2. The Morgan fingerprint density at radius 1 is 1.12 bits per heavy atom. The largest absolute Gasteiger partial charge is 0.507 e. The maximum Gasteiger partial charge on any atom is 0.295 e. The van der Waals surface area contributed by atoms with Gasteiger partial charge in [0.25, 0.3) is 11.7 Å². The van der Waals surface area contributed by atoms with Crippen molar-refractivity contribution in [2.75, 3.05) is 20.3 Å². The predicted octanol–water partition coefficient (Wildman–Crippen LogP) is 4.67. The number of carbonyl (C=O) groups is 2. The number of benzene rings is 2. The molecule has 1 fully saturated rings. The van der Waals surface area contributed by atoms with E-state index >= 15 is 0 Å². The first-order valence-electron chi connectivity index (χ1n) is 10.4. The molecular formula is C24H26ClNO6. The molecule has 0 spiro atoms. The van der Waals surface area contributed by atoms with Gasteiger partial charge in [-0.15, -0.1) is 0 Å². The number of amides is 1. The maximum absolute atomic E-state index is 13.1. The minimum atomic E-state index is -0.856. The number of unbranched alkanes of at least 4 members (excludes halogenated alkanes) is 1. The van der Waals surface area contributed by atoms with Gasteiger partial charge in [-0.2, -0.15) is 0 Å². The third-order valence-electron chi connectivity index (χ3n) is 5.31. The summed E-state index contributed by atoms with van der Waals surface area (Å²) in [6.07, 6.45) is 1.50. The average Bonchev–Trinajstić information content (AvgIpc) is 3.03. The number of phenols is 1. The van der Waals surface area contributed by atoms with E-state index in [0.717, 1.165) is 6.42 Å². The molecule has 1 unspecified atom stereocenters. The highest BCUT2D eigenvalue weighted by molar-refractivity contribution is 6.46. The number of hydrogen-bond acceptors (Lipinski definition) is 6. The number of ether oxygens (including phenoxy) is 2. The van der Waals surface area contributed by atoms with Crippen molar-refractivity contribution in [2.24, 2.45) is 0 Å². The molecule has 170 valence electrons. The Morgan fingerprint density at radius 2 is 1.88 bits per heavy atom. The highest BCUT2D eigenvalue weighted by Crippen LogP contribution is 2.43. The Morgan fingerprint density at radius 3 is 2.53 bits per heavy atom. The molecule has 1 aliphatic rings. The minimum Gasteiger partial charge on any atom is -0.507 e. The summed E-state index contributed by atoms with van der Waals surface area (Å²) in [6, 6.07) is 8.43. The number of aliphatic hydroxyl groups excluding tert-OH is 1. The third kappa shape index (κ3) is 4.39. The van der Waals surface area contributed by atoms with Gasteiger partial charge in [-0.1, -0.05) is 31.0 Å². The van der Waals surface area contributed by atoms with Gasteiger partial charge in [-0.25, -0.2) is 0 Å². The molecule has 1 saturated heterocycles. The van der Waals surface area contributed by atoms with E-state index in [-0.39, 0.29) is 28.4 Å². The van der Waals surface area contributed by atoms with Crippen LogP contribution in [0.3, 0.4) is 0 Å². The molecule has 8 heteroatoms. The van der Waals surface area contributed by atoms with Crippen molar-refractivity contribution in [2.45, 2.75) is 32.7 Å². The third-order valence-corrected chi connectivity index (χ3v) is 5.54. The number of carbonyl (C=O) groups excluding carboxylic acids is 2. The van der Waals surface area contributed by atoms with Crippen molar-refractivity contribution >= 4 is 29.1 Å². The van der Waals surface area contributed by atoms with Crippen LogP contribution in [0.4, 0.5) is 0 Å². The van der Waals surface area contributed by atoms with Crippen molar-refractivity contribution in [3.63, 3.8) is 0 Å². The smallest absolute Gasteiger partial charge is 0.295 e. The lowest BCUT2D eigenvalue weighted by molar-refractivity contribution is -0.139. The minimum absolute atomic E-state index is 0.0578. The number of ketones is 1. The molecule has 0 aliphatic carbocycles. The molecule has 2 aromatic carbocycles. The number of halogens is 1. The van der Waals surface area contributed by atoms with Crippen LogP contribution in [0.1, 0.15) is 43.9 Å². The van der Waals surface area contributed by atoms with E-state index in [1.807, 2.05) is 6.92 Å². The van der Waals surface area contributed by atoms with Gasteiger partial charge in [0.1, 0.15) is 11.5 Å². The summed E-state index contributed by atoms with van der Waals surface area (Å²) in [4.78, 5) is 27.5. The van der Waals surface area contributed by atoms with Crippen LogP contribution >= 0.6 is 11.6 Å². The van der Waals surface area contributed by atoms with Crippen molar-refractivity contribution in [1.82, 2.24) is 4.90 Å². The average molecular weight is 460 g/mol. The van der Waals surface area contributed by atoms with Crippen molar-refractivity contribution < 1.29 is 29.3 Å². The zero-order valence-corrected chi connectivity index (χ0v) is 19.0. The molecule has 1 heterocycles. The van der Waals surface area contributed by atoms with Crippen LogP contribution in [0.15, 0.2) is 42.0 Å². The van der Waals surface area contributed by atoms with Gasteiger partial charge >= 0.3 is 0 Å². The van der Waals surface area contributed by atoms with Gasteiger partial charge in [-0.05, 0) is 49.2 Å². The Hall–Kier alpha value is -3.19. The first-order chi connectivity index (χ1) is 15.3. The second-order valence-corrected chi connectivity index (χ2v) is 7.79. The van der Waals surface area contributed by atoms with Gasteiger partial charge in [-0.3, -0.25) is 9.59 Å². The maximum atomic E-state index is 13.1. The molecule has 1 aliphatic heterocycles. The Labute approximate surface area is 191 Å². The zero-order chi connectivity index (χ0) is 23.4. The number of aromatic hydroxyl groups is 1. The van der Waals surface area contributed by atoms with Crippen molar-refractivity contribution in [1.29, 1.82) is 0 Å². The summed E-state index contributed by atoms with van der Waals surface area (Å²) in [5, 5.41) is 21.7. The Balaban J connectivity index is 2.24. The fourth-order valence-electron chi connectivity index (χ4n) is 3.77. The van der Waals surface area contributed by atoms with Crippen LogP contribution < -0.4 is 9.47 Å². The molecule has 0 saturated carbocycles. The normalized spacial score (nSPS) is 17.6. The molecule has 2 aromatic rings. The summed E-state index contributed by atoms with van der Waals surface area (Å²) in [6.45, 7) is 4.42. The number of nitrogens with zero attached hydrogens (tertiary/aromatic N) is 1. The second-order valence-electron chi connectivity index (χ2n) is 7.35. The summed E-state index contributed by atoms with van der Waals surface area (Å²) >= 11 is 6.12. The van der Waals surface area contributed by atoms with E-state index in [4.69, 9.17) is 21.1 Å². The van der Waals surface area contributed by atoms with Crippen molar-refractivity contribution in [3.8, 4) is 17.2 Å². The number of phenolic OH excluding ortho intramolecular Hbond substituents is 1. The molecule has 1 amide bonds. The summed E-state index contributed by atoms with van der Waals surface area (Å²) in [5.74, 6) is -1.39. The fraction of sp³-hybridized carbons (Fsp3) is 0.333. The summed E-state index contributed by atoms with van der Waals surface area (Å²) in [7, 11) is 1.44. The molecule has 7 nitrogen and oxygen atoms in total. The molecule has 1 atom stereocenters. The standard InChI is InChI=1S/C24H26ClNO6/c1-4-6-11-26-21(14-7-9-17(27)19(12-14)32-5-2)20(23(29)24(26)30)22(28)16-13-15(25)8-10-18(16)31-3/h7-10,12-13,21,27-28H,4-6,11H2,1-3H3/b22-20+. The SMILES string of the molecule is CCCCN1C(=O)C(=O)/C(=C(/O)c2cc(Cl)ccc2OC)C1c1ccc(O)c(OCC)c1. The van der Waals surface area contributed by atoms with Crippen LogP contribution in [-0.2, 0) is 9.59 Å². The van der Waals surface area contributed by atoms with E-state index < -0.39 is 17.7 Å². The number of Topliss-reactive ketones (excluding diaryl/α,β-unsaturated/α-hetero) is 1. The number of hydrogen-bond donors (Lipinski definition) is 2. The molecule has 3 rings (SSSR count). The molecule has 0 radical (unpaired) electrons. The van der Waals surface area contributed by atoms with E-state index in [1.165, 1.54) is 24.1 Å². The van der Waals surface area contributed by atoms with Gasteiger partial charge < -0.3 is 24.6 Å². The van der Waals surface area contributed by atoms with Crippen LogP contribution in [-0.4, -0.2) is 47.1 Å². The number of aliphatic hydroxyl groups is 1. The molecular weight excluding hydrogens is 434 g/mol. The topological polar surface area (TPSA) is 96.3 Å². The molecule has 0 aromatic heterocycles. The Kier molecular flexibility index (Phi) is 7.30. The van der Waals surface area contributed by atoms with Crippen molar-refractivity contribution in [3.05, 3.63) is 58.1 Å². The van der Waals surface area contributed by atoms with Crippen LogP contribution in [0, 0.1) is 0 Å². The van der Waals surface area contributed by atoms with E-state index in [9.17, 15) is 19.8 Å². The number of likely N-dealkylation sites (tertiary alicyclic amines) is 1. The fourth-order valence-corrected chi connectivity index (χ4v) is 3.94. The number of methoxy groups -OCH3 is 1. The first-order valence-corrected chi connectivity index (χ1v) is 10.8. The lowest BCUT2D eigenvalue weighted by Gasteiger charge is -2.26. The van der Waals surface area contributed by atoms with E-state index in [1.54, 1.807) is 31.2 Å². The van der Waals surface area contributed by atoms with Crippen LogP contribution in [0.25, 0.3) is 5.76 Å². The lowest BCUT2D eigenvalue weighted by Crippen LogP contribution is -2.30. The molecule has 0 bridgehead atoms. The van der Waals surface area contributed by atoms with Gasteiger partial charge in [0, 0.05) is 11.6 Å². The monoisotopic (exact) mass is 459 g/mol. The van der Waals surface area contributed by atoms with E-state index in [0.29, 0.717) is 35.9 Å². The van der Waals surface area contributed by atoms with Gasteiger partial charge in [0.2, 0.25) is 0 Å². The molecule has 2 N–H and O–H groups in total. The van der Waals surface area contributed by atoms with E-state index in [2.05, 4.69) is 0 Å².